The first-order valence-electron chi connectivity index (χ1n) is 10.4. The second-order valence-corrected chi connectivity index (χ2v) is 7.75. The van der Waals surface area contributed by atoms with Crippen molar-refractivity contribution in [1.82, 2.24) is 14.9 Å². The predicted octanol–water partition coefficient (Wildman–Crippen LogP) is 3.45. The van der Waals surface area contributed by atoms with Gasteiger partial charge >= 0.3 is 0 Å². The first-order chi connectivity index (χ1) is 15.4. The van der Waals surface area contributed by atoms with Crippen molar-refractivity contribution in [2.75, 3.05) is 30.9 Å². The molecule has 2 amide bonds. The van der Waals surface area contributed by atoms with Gasteiger partial charge in [0.05, 0.1) is 12.2 Å². The second-order valence-electron chi connectivity index (χ2n) is 7.75. The van der Waals surface area contributed by atoms with E-state index in [2.05, 4.69) is 15.3 Å². The largest absolute Gasteiger partial charge is 0.373 e. The normalized spacial score (nSPS) is 15.7. The number of nitrogens with zero attached hydrogens (tertiary/aromatic N) is 4. The fourth-order valence-electron chi connectivity index (χ4n) is 3.79. The molecule has 1 unspecified atom stereocenters. The molecule has 32 heavy (non-hydrogen) atoms. The van der Waals surface area contributed by atoms with Crippen LogP contribution in [-0.4, -0.2) is 47.3 Å². The lowest BCUT2D eigenvalue weighted by molar-refractivity contribution is -0.117. The Morgan fingerprint density at radius 1 is 1.16 bits per heavy atom. The number of anilines is 2. The molecule has 0 saturated carbocycles. The van der Waals surface area contributed by atoms with Crippen molar-refractivity contribution in [2.24, 2.45) is 0 Å². The number of amides is 2. The van der Waals surface area contributed by atoms with Crippen molar-refractivity contribution in [1.29, 1.82) is 0 Å². The van der Waals surface area contributed by atoms with E-state index in [1.807, 2.05) is 24.3 Å². The first-order valence-corrected chi connectivity index (χ1v) is 10.4. The van der Waals surface area contributed by atoms with Crippen molar-refractivity contribution in [3.63, 3.8) is 0 Å². The monoisotopic (exact) mass is 433 g/mol. The summed E-state index contributed by atoms with van der Waals surface area (Å²) in [5, 5.41) is 3.03. The molecule has 7 nitrogen and oxygen atoms in total. The minimum absolute atomic E-state index is 0.0378. The Bertz CT molecular complexity index is 1120. The molecule has 0 bridgehead atoms. The van der Waals surface area contributed by atoms with Crippen LogP contribution < -0.4 is 10.2 Å². The minimum Gasteiger partial charge on any atom is -0.373 e. The van der Waals surface area contributed by atoms with E-state index in [4.69, 9.17) is 0 Å². The molecule has 2 heterocycles. The molecule has 1 aliphatic heterocycles. The Balaban J connectivity index is 1.54. The molecule has 2 aromatic carbocycles. The third kappa shape index (κ3) is 4.59. The number of halogens is 1. The van der Waals surface area contributed by atoms with Crippen molar-refractivity contribution in [3.8, 4) is 0 Å². The first kappa shape index (κ1) is 21.4. The zero-order valence-electron chi connectivity index (χ0n) is 18.0. The molecule has 1 aliphatic rings. The lowest BCUT2D eigenvalue weighted by atomic mass is 10.0. The number of carbonyl (C=O) groups excluding carboxylic acids is 2. The molecule has 0 spiro atoms. The fourth-order valence-corrected chi connectivity index (χ4v) is 3.79. The molecule has 1 atom stereocenters. The highest BCUT2D eigenvalue weighted by atomic mass is 19.1. The van der Waals surface area contributed by atoms with Gasteiger partial charge in [-0.3, -0.25) is 9.59 Å². The Hall–Kier alpha value is -3.81. The van der Waals surface area contributed by atoms with Crippen LogP contribution in [0.2, 0.25) is 0 Å². The van der Waals surface area contributed by atoms with Gasteiger partial charge in [-0.2, -0.15) is 0 Å². The number of benzene rings is 2. The summed E-state index contributed by atoms with van der Waals surface area (Å²) in [6.07, 6.45) is 0.301. The van der Waals surface area contributed by atoms with Crippen molar-refractivity contribution in [3.05, 3.63) is 83.6 Å². The number of rotatable bonds is 6. The van der Waals surface area contributed by atoms with Gasteiger partial charge in [0.1, 0.15) is 17.5 Å². The van der Waals surface area contributed by atoms with Crippen LogP contribution in [0.15, 0.2) is 60.7 Å². The van der Waals surface area contributed by atoms with Gasteiger partial charge in [0, 0.05) is 50.3 Å². The molecule has 0 aliphatic carbocycles. The average Bonchev–Trinajstić information content (AvgIpc) is 3.21. The summed E-state index contributed by atoms with van der Waals surface area (Å²) in [5.74, 6) is 0.486. The maximum absolute atomic E-state index is 13.3. The van der Waals surface area contributed by atoms with Crippen LogP contribution in [-0.2, 0) is 11.3 Å². The highest BCUT2D eigenvalue weighted by Crippen LogP contribution is 2.32. The fraction of sp³-hybridized carbons (Fsp3) is 0.250. The number of hydrogen-bond donors (Lipinski definition) is 1. The summed E-state index contributed by atoms with van der Waals surface area (Å²) in [6.45, 7) is 0.682. The van der Waals surface area contributed by atoms with Crippen LogP contribution in [0.3, 0.4) is 0 Å². The summed E-state index contributed by atoms with van der Waals surface area (Å²) in [4.78, 5) is 37.7. The van der Waals surface area contributed by atoms with E-state index in [0.29, 0.717) is 35.9 Å². The van der Waals surface area contributed by atoms with Gasteiger partial charge in [-0.1, -0.05) is 18.2 Å². The summed E-state index contributed by atoms with van der Waals surface area (Å²) >= 11 is 0. The highest BCUT2D eigenvalue weighted by molar-refractivity contribution is 5.96. The van der Waals surface area contributed by atoms with Gasteiger partial charge in [-0.25, -0.2) is 14.4 Å². The van der Waals surface area contributed by atoms with Gasteiger partial charge < -0.3 is 15.1 Å². The molecule has 0 radical (unpaired) electrons. The molecule has 8 heteroatoms. The lowest BCUT2D eigenvalue weighted by Crippen LogP contribution is -2.27. The van der Waals surface area contributed by atoms with Crippen LogP contribution in [0.1, 0.15) is 34.2 Å². The van der Waals surface area contributed by atoms with Crippen molar-refractivity contribution in [2.45, 2.75) is 18.9 Å². The smallest absolute Gasteiger partial charge is 0.254 e. The quantitative estimate of drug-likeness (QED) is 0.644. The number of aromatic nitrogens is 2. The molecule has 1 fully saturated rings. The third-order valence-corrected chi connectivity index (χ3v) is 5.48. The molecule has 3 aromatic rings. The SMILES string of the molecule is CNc1cc(C2CC(=O)N(c3ccc(F)cc3)C2)nc(CN(C)C(=O)c2ccccc2)n1. The topological polar surface area (TPSA) is 78.4 Å². The van der Waals surface area contributed by atoms with Crippen molar-refractivity contribution >= 4 is 23.3 Å². The number of hydrogen-bond acceptors (Lipinski definition) is 5. The van der Waals surface area contributed by atoms with Gasteiger partial charge in [0.2, 0.25) is 5.91 Å². The molecule has 1 saturated heterocycles. The summed E-state index contributed by atoms with van der Waals surface area (Å²) in [7, 11) is 3.47. The Labute approximate surface area is 185 Å². The summed E-state index contributed by atoms with van der Waals surface area (Å²) in [6, 6.07) is 16.8. The summed E-state index contributed by atoms with van der Waals surface area (Å²) < 4.78 is 13.3. The Morgan fingerprint density at radius 3 is 2.56 bits per heavy atom. The minimum atomic E-state index is -0.342. The Morgan fingerprint density at radius 2 is 1.88 bits per heavy atom. The average molecular weight is 433 g/mol. The number of nitrogens with one attached hydrogen (secondary N) is 1. The van der Waals surface area contributed by atoms with E-state index >= 15 is 0 Å². The van der Waals surface area contributed by atoms with Crippen LogP contribution in [0.4, 0.5) is 15.9 Å². The van der Waals surface area contributed by atoms with Crippen LogP contribution in [0, 0.1) is 5.82 Å². The van der Waals surface area contributed by atoms with E-state index in [-0.39, 0.29) is 30.1 Å². The van der Waals surface area contributed by atoms with Gasteiger partial charge in [-0.05, 0) is 36.4 Å². The van der Waals surface area contributed by atoms with Crippen LogP contribution in [0.5, 0.6) is 0 Å². The van der Waals surface area contributed by atoms with E-state index in [9.17, 15) is 14.0 Å². The van der Waals surface area contributed by atoms with Gasteiger partial charge in [0.15, 0.2) is 0 Å². The highest BCUT2D eigenvalue weighted by Gasteiger charge is 2.33. The second kappa shape index (κ2) is 9.13. The molecular formula is C24H24FN5O2. The molecule has 164 valence electrons. The van der Waals surface area contributed by atoms with Crippen LogP contribution >= 0.6 is 0 Å². The molecule has 1 N–H and O–H groups in total. The van der Waals surface area contributed by atoms with E-state index in [1.165, 1.54) is 12.1 Å². The summed E-state index contributed by atoms with van der Waals surface area (Å²) in [5.41, 5.74) is 1.99. The standard InChI is InChI=1S/C24H24FN5O2/c1-26-21-13-20(17-12-23(31)30(14-17)19-10-8-18(25)9-11-19)27-22(28-21)15-29(2)24(32)16-6-4-3-5-7-16/h3-11,13,17H,12,14-15H2,1-2H3,(H,26,27,28). The van der Waals surface area contributed by atoms with E-state index in [0.717, 1.165) is 5.69 Å². The zero-order chi connectivity index (χ0) is 22.7. The van der Waals surface area contributed by atoms with Crippen LogP contribution in [0.25, 0.3) is 0 Å². The van der Waals surface area contributed by atoms with Crippen molar-refractivity contribution < 1.29 is 14.0 Å². The van der Waals surface area contributed by atoms with Gasteiger partial charge in [-0.15, -0.1) is 0 Å². The third-order valence-electron chi connectivity index (χ3n) is 5.48. The van der Waals surface area contributed by atoms with Gasteiger partial charge in [0.25, 0.3) is 5.91 Å². The number of carbonyl (C=O) groups is 2. The predicted molar refractivity (Wildman–Crippen MR) is 120 cm³/mol. The maximum Gasteiger partial charge on any atom is 0.254 e. The molecule has 4 rings (SSSR count). The van der Waals surface area contributed by atoms with E-state index < -0.39 is 0 Å². The van der Waals surface area contributed by atoms with E-state index in [1.54, 1.807) is 48.2 Å². The maximum atomic E-state index is 13.3. The lowest BCUT2D eigenvalue weighted by Gasteiger charge is -2.19. The molecular weight excluding hydrogens is 409 g/mol. The molecule has 1 aromatic heterocycles. The zero-order valence-corrected chi connectivity index (χ0v) is 18.0. The Kier molecular flexibility index (Phi) is 6.11.